The number of nitrogens with zero attached hydrogens (tertiary/aromatic N) is 1. The summed E-state index contributed by atoms with van der Waals surface area (Å²) in [7, 11) is 0. The molecule has 1 aromatic heterocycles. The number of unbranched alkanes of at least 4 members (excludes halogenated alkanes) is 2. The number of nitrogens with one attached hydrogen (secondary N) is 1. The maximum atomic E-state index is 12.6. The highest BCUT2D eigenvalue weighted by atomic mass is 19.1. The third kappa shape index (κ3) is 4.77. The van der Waals surface area contributed by atoms with E-state index in [1.54, 1.807) is 6.07 Å². The largest absolute Gasteiger partial charge is 0.368 e. The lowest BCUT2D eigenvalue weighted by molar-refractivity contribution is 0.609. The van der Waals surface area contributed by atoms with Crippen LogP contribution in [-0.2, 0) is 0 Å². The highest BCUT2D eigenvalue weighted by molar-refractivity contribution is 5.34. The molecule has 0 spiro atoms. The van der Waals surface area contributed by atoms with Crippen LogP contribution >= 0.6 is 0 Å². The smallest absolute Gasteiger partial charge is 0.141 e. The average molecular weight is 210 g/mol. The lowest BCUT2D eigenvalue weighted by atomic mass is 10.1. The van der Waals surface area contributed by atoms with Gasteiger partial charge in [-0.05, 0) is 25.5 Å². The van der Waals surface area contributed by atoms with Gasteiger partial charge in [-0.2, -0.15) is 0 Å². The molecular weight excluding hydrogens is 191 g/mol. The second-order valence-corrected chi connectivity index (χ2v) is 3.90. The minimum atomic E-state index is -0.292. The molecular formula is C12H19FN2. The average Bonchev–Trinajstić information content (AvgIpc) is 2.22. The number of halogens is 1. The second kappa shape index (κ2) is 6.38. The Labute approximate surface area is 90.9 Å². The van der Waals surface area contributed by atoms with E-state index in [2.05, 4.69) is 24.1 Å². The van der Waals surface area contributed by atoms with E-state index in [0.717, 1.165) is 12.2 Å². The fraction of sp³-hybridized carbons (Fsp3) is 0.583. The van der Waals surface area contributed by atoms with Crippen LogP contribution in [0.2, 0.25) is 0 Å². The predicted molar refractivity (Wildman–Crippen MR) is 61.4 cm³/mol. The van der Waals surface area contributed by atoms with E-state index in [1.807, 2.05) is 0 Å². The Hall–Kier alpha value is -1.12. The van der Waals surface area contributed by atoms with Gasteiger partial charge in [0.2, 0.25) is 0 Å². The van der Waals surface area contributed by atoms with Crippen LogP contribution in [0.5, 0.6) is 0 Å². The van der Waals surface area contributed by atoms with Crippen molar-refractivity contribution in [2.24, 2.45) is 0 Å². The standard InChI is InChI=1S/C12H19FN2/c1-3-4-5-6-10(2)15-12-8-7-11(13)9-14-12/h7-10H,3-6H2,1-2H3,(H,14,15). The van der Waals surface area contributed by atoms with E-state index in [-0.39, 0.29) is 5.82 Å². The fourth-order valence-corrected chi connectivity index (χ4v) is 1.49. The maximum absolute atomic E-state index is 12.6. The number of aromatic nitrogens is 1. The lowest BCUT2D eigenvalue weighted by Gasteiger charge is -2.13. The summed E-state index contributed by atoms with van der Waals surface area (Å²) in [6, 6.07) is 3.49. The van der Waals surface area contributed by atoms with Crippen molar-refractivity contribution in [2.45, 2.75) is 45.6 Å². The molecule has 1 rings (SSSR count). The van der Waals surface area contributed by atoms with Crippen molar-refractivity contribution in [3.63, 3.8) is 0 Å². The van der Waals surface area contributed by atoms with E-state index in [1.165, 1.54) is 31.5 Å². The Kier molecular flexibility index (Phi) is 5.08. The van der Waals surface area contributed by atoms with Gasteiger partial charge in [0.05, 0.1) is 6.20 Å². The first-order chi connectivity index (χ1) is 7.22. The van der Waals surface area contributed by atoms with Crippen LogP contribution in [0.25, 0.3) is 0 Å². The SMILES string of the molecule is CCCCCC(C)Nc1ccc(F)cn1. The van der Waals surface area contributed by atoms with E-state index in [9.17, 15) is 4.39 Å². The Morgan fingerprint density at radius 2 is 2.20 bits per heavy atom. The number of rotatable bonds is 6. The van der Waals surface area contributed by atoms with E-state index in [4.69, 9.17) is 0 Å². The summed E-state index contributed by atoms with van der Waals surface area (Å²) in [6.45, 7) is 4.32. The molecule has 1 aromatic rings. The lowest BCUT2D eigenvalue weighted by Crippen LogP contribution is -2.15. The van der Waals surface area contributed by atoms with Crippen LogP contribution in [0.1, 0.15) is 39.5 Å². The quantitative estimate of drug-likeness (QED) is 0.726. The van der Waals surface area contributed by atoms with Crippen molar-refractivity contribution in [3.8, 4) is 0 Å². The van der Waals surface area contributed by atoms with E-state index < -0.39 is 0 Å². The van der Waals surface area contributed by atoms with Gasteiger partial charge in [-0.15, -0.1) is 0 Å². The molecule has 0 saturated heterocycles. The van der Waals surface area contributed by atoms with Crippen LogP contribution in [-0.4, -0.2) is 11.0 Å². The van der Waals surface area contributed by atoms with Gasteiger partial charge in [0.15, 0.2) is 0 Å². The number of anilines is 1. The number of hydrogen-bond acceptors (Lipinski definition) is 2. The van der Waals surface area contributed by atoms with Crippen LogP contribution in [0.15, 0.2) is 18.3 Å². The third-order valence-corrected chi connectivity index (χ3v) is 2.36. The first-order valence-electron chi connectivity index (χ1n) is 5.60. The van der Waals surface area contributed by atoms with Gasteiger partial charge >= 0.3 is 0 Å². The van der Waals surface area contributed by atoms with Gasteiger partial charge in [0, 0.05) is 6.04 Å². The molecule has 0 aliphatic heterocycles. The molecule has 1 heterocycles. The molecule has 1 N–H and O–H groups in total. The molecule has 0 saturated carbocycles. The summed E-state index contributed by atoms with van der Waals surface area (Å²) in [5, 5.41) is 3.25. The Bertz CT molecular complexity index is 271. The minimum Gasteiger partial charge on any atom is -0.368 e. The summed E-state index contributed by atoms with van der Waals surface area (Å²) < 4.78 is 12.6. The van der Waals surface area contributed by atoms with Gasteiger partial charge in [-0.3, -0.25) is 0 Å². The molecule has 15 heavy (non-hydrogen) atoms. The molecule has 2 nitrogen and oxygen atoms in total. The van der Waals surface area contributed by atoms with Crippen molar-refractivity contribution in [1.82, 2.24) is 4.98 Å². The normalized spacial score (nSPS) is 12.5. The summed E-state index contributed by atoms with van der Waals surface area (Å²) >= 11 is 0. The highest BCUT2D eigenvalue weighted by Crippen LogP contribution is 2.09. The van der Waals surface area contributed by atoms with Gasteiger partial charge in [0.25, 0.3) is 0 Å². The van der Waals surface area contributed by atoms with Crippen molar-refractivity contribution in [1.29, 1.82) is 0 Å². The summed E-state index contributed by atoms with van der Waals surface area (Å²) in [5.74, 6) is 0.458. The zero-order chi connectivity index (χ0) is 11.1. The van der Waals surface area contributed by atoms with Crippen LogP contribution in [0.3, 0.4) is 0 Å². The Morgan fingerprint density at radius 1 is 1.40 bits per heavy atom. The maximum Gasteiger partial charge on any atom is 0.141 e. The van der Waals surface area contributed by atoms with E-state index in [0.29, 0.717) is 6.04 Å². The molecule has 0 radical (unpaired) electrons. The predicted octanol–water partition coefficient (Wildman–Crippen LogP) is 3.60. The minimum absolute atomic E-state index is 0.292. The molecule has 84 valence electrons. The second-order valence-electron chi connectivity index (χ2n) is 3.90. The van der Waals surface area contributed by atoms with Crippen LogP contribution in [0, 0.1) is 5.82 Å². The summed E-state index contributed by atoms with van der Waals surface area (Å²) in [4.78, 5) is 3.96. The molecule has 0 fully saturated rings. The molecule has 1 unspecified atom stereocenters. The first-order valence-corrected chi connectivity index (χ1v) is 5.60. The van der Waals surface area contributed by atoms with Gasteiger partial charge in [0.1, 0.15) is 11.6 Å². The van der Waals surface area contributed by atoms with Crippen molar-refractivity contribution in [2.75, 3.05) is 5.32 Å². The molecule has 0 aliphatic rings. The first kappa shape index (κ1) is 12.0. The van der Waals surface area contributed by atoms with Crippen molar-refractivity contribution >= 4 is 5.82 Å². The molecule has 3 heteroatoms. The topological polar surface area (TPSA) is 24.9 Å². The summed E-state index contributed by atoms with van der Waals surface area (Å²) in [6.07, 6.45) is 6.10. The fourth-order valence-electron chi connectivity index (χ4n) is 1.49. The Morgan fingerprint density at radius 3 is 2.80 bits per heavy atom. The summed E-state index contributed by atoms with van der Waals surface area (Å²) in [5.41, 5.74) is 0. The zero-order valence-corrected chi connectivity index (χ0v) is 9.46. The van der Waals surface area contributed by atoms with Gasteiger partial charge in [-0.25, -0.2) is 9.37 Å². The van der Waals surface area contributed by atoms with Crippen LogP contribution in [0.4, 0.5) is 10.2 Å². The Balaban J connectivity index is 2.31. The van der Waals surface area contributed by atoms with Gasteiger partial charge in [-0.1, -0.05) is 26.2 Å². The highest BCUT2D eigenvalue weighted by Gasteiger charge is 2.02. The molecule has 0 bridgehead atoms. The molecule has 0 aromatic carbocycles. The monoisotopic (exact) mass is 210 g/mol. The third-order valence-electron chi connectivity index (χ3n) is 2.36. The number of hydrogen-bond donors (Lipinski definition) is 1. The van der Waals surface area contributed by atoms with Crippen molar-refractivity contribution < 1.29 is 4.39 Å². The molecule has 1 atom stereocenters. The zero-order valence-electron chi connectivity index (χ0n) is 9.46. The molecule has 0 aliphatic carbocycles. The van der Waals surface area contributed by atoms with E-state index >= 15 is 0 Å². The van der Waals surface area contributed by atoms with Crippen molar-refractivity contribution in [3.05, 3.63) is 24.1 Å². The number of pyridine rings is 1. The van der Waals surface area contributed by atoms with Crippen LogP contribution < -0.4 is 5.32 Å². The molecule has 0 amide bonds. The van der Waals surface area contributed by atoms with Gasteiger partial charge < -0.3 is 5.32 Å².